The van der Waals surface area contributed by atoms with E-state index < -0.39 is 0 Å². The Morgan fingerprint density at radius 1 is 1.46 bits per heavy atom. The molecule has 1 atom stereocenters. The van der Waals surface area contributed by atoms with Gasteiger partial charge < -0.3 is 4.90 Å². The smallest absolute Gasteiger partial charge is 0.185 e. The first kappa shape index (κ1) is 17.4. The van der Waals surface area contributed by atoms with Crippen LogP contribution in [0.25, 0.3) is 0 Å². The highest BCUT2D eigenvalue weighted by atomic mass is 35.5. The molecule has 0 radical (unpaired) electrons. The number of carbonyl (C=O) groups is 1. The Bertz CT molecular complexity index is 716. The Labute approximate surface area is 152 Å². The molecule has 0 spiro atoms. The first-order valence-electron chi connectivity index (χ1n) is 8.17. The number of carbonyl (C=O) groups excluding carboxylic acids is 1. The maximum atomic E-state index is 12.7. The minimum absolute atomic E-state index is 0.0541. The molecular formula is C18H22ClN3OS. The lowest BCUT2D eigenvalue weighted by molar-refractivity contribution is 0.0812. The SMILES string of the molecule is CN(C)c1ncc(CN2CCC[C@@H](C(=O)c3cccc(Cl)c3)C2)s1. The van der Waals surface area contributed by atoms with E-state index in [1.807, 2.05) is 37.3 Å². The molecule has 0 amide bonds. The number of thiazole rings is 1. The number of Topliss-reactive ketones (excluding diaryl/α,β-unsaturated/α-hetero) is 1. The van der Waals surface area contributed by atoms with E-state index in [0.29, 0.717) is 5.02 Å². The molecule has 6 heteroatoms. The van der Waals surface area contributed by atoms with Crippen molar-refractivity contribution in [1.29, 1.82) is 0 Å². The molecule has 24 heavy (non-hydrogen) atoms. The van der Waals surface area contributed by atoms with Gasteiger partial charge >= 0.3 is 0 Å². The van der Waals surface area contributed by atoms with Gasteiger partial charge in [-0.15, -0.1) is 11.3 Å². The monoisotopic (exact) mass is 363 g/mol. The van der Waals surface area contributed by atoms with Crippen LogP contribution in [0, 0.1) is 5.92 Å². The van der Waals surface area contributed by atoms with E-state index in [-0.39, 0.29) is 11.7 Å². The van der Waals surface area contributed by atoms with Gasteiger partial charge in [0.1, 0.15) is 0 Å². The maximum Gasteiger partial charge on any atom is 0.185 e. The fourth-order valence-corrected chi connectivity index (χ4v) is 4.15. The Morgan fingerprint density at radius 3 is 3.00 bits per heavy atom. The summed E-state index contributed by atoms with van der Waals surface area (Å²) in [5, 5.41) is 1.64. The molecule has 0 bridgehead atoms. The summed E-state index contributed by atoms with van der Waals surface area (Å²) in [6.45, 7) is 2.71. The molecule has 0 saturated carbocycles. The zero-order chi connectivity index (χ0) is 17.1. The van der Waals surface area contributed by atoms with Gasteiger partial charge in [0, 0.05) is 54.8 Å². The summed E-state index contributed by atoms with van der Waals surface area (Å²) in [4.78, 5) is 22.8. The van der Waals surface area contributed by atoms with Gasteiger partial charge in [-0.1, -0.05) is 23.7 Å². The summed E-state index contributed by atoms with van der Waals surface area (Å²) in [5.41, 5.74) is 0.724. The van der Waals surface area contributed by atoms with E-state index in [9.17, 15) is 4.79 Å². The van der Waals surface area contributed by atoms with Gasteiger partial charge in [0.15, 0.2) is 10.9 Å². The topological polar surface area (TPSA) is 36.4 Å². The number of hydrogen-bond donors (Lipinski definition) is 0. The van der Waals surface area contributed by atoms with Crippen molar-refractivity contribution in [2.24, 2.45) is 5.92 Å². The van der Waals surface area contributed by atoms with E-state index in [4.69, 9.17) is 11.6 Å². The summed E-state index contributed by atoms with van der Waals surface area (Å²) >= 11 is 7.73. The minimum atomic E-state index is 0.0541. The molecule has 1 saturated heterocycles. The van der Waals surface area contributed by atoms with Crippen LogP contribution >= 0.6 is 22.9 Å². The van der Waals surface area contributed by atoms with Crippen LogP contribution in [0.3, 0.4) is 0 Å². The molecule has 4 nitrogen and oxygen atoms in total. The first-order valence-corrected chi connectivity index (χ1v) is 9.36. The number of ketones is 1. The van der Waals surface area contributed by atoms with Gasteiger partial charge in [-0.05, 0) is 31.5 Å². The fourth-order valence-electron chi connectivity index (χ4n) is 3.09. The molecule has 1 aliphatic rings. The summed E-state index contributed by atoms with van der Waals surface area (Å²) in [5.74, 6) is 0.263. The number of nitrogens with zero attached hydrogens (tertiary/aromatic N) is 3. The van der Waals surface area contributed by atoms with Crippen molar-refractivity contribution in [3.63, 3.8) is 0 Å². The summed E-state index contributed by atoms with van der Waals surface area (Å²) in [7, 11) is 4.01. The number of likely N-dealkylation sites (tertiary alicyclic amines) is 1. The molecule has 2 aromatic rings. The average Bonchev–Trinajstić information content (AvgIpc) is 3.03. The van der Waals surface area contributed by atoms with Crippen molar-refractivity contribution in [1.82, 2.24) is 9.88 Å². The highest BCUT2D eigenvalue weighted by molar-refractivity contribution is 7.15. The third-order valence-electron chi connectivity index (χ3n) is 4.29. The number of aromatic nitrogens is 1. The molecule has 0 aliphatic carbocycles. The second kappa shape index (κ2) is 7.64. The number of rotatable bonds is 5. The largest absolute Gasteiger partial charge is 0.354 e. The maximum absolute atomic E-state index is 12.7. The number of anilines is 1. The molecule has 0 N–H and O–H groups in total. The fraction of sp³-hybridized carbons (Fsp3) is 0.444. The third kappa shape index (κ3) is 4.15. The van der Waals surface area contributed by atoms with E-state index in [2.05, 4.69) is 9.88 Å². The van der Waals surface area contributed by atoms with Crippen LogP contribution in [-0.4, -0.2) is 42.9 Å². The zero-order valence-electron chi connectivity index (χ0n) is 14.0. The van der Waals surface area contributed by atoms with Crippen LogP contribution in [-0.2, 0) is 6.54 Å². The van der Waals surface area contributed by atoms with Crippen LogP contribution < -0.4 is 4.90 Å². The normalized spacial score (nSPS) is 18.5. The van der Waals surface area contributed by atoms with Crippen LogP contribution in [0.4, 0.5) is 5.13 Å². The molecule has 3 rings (SSSR count). The molecule has 2 heterocycles. The van der Waals surface area contributed by atoms with Crippen molar-refractivity contribution in [2.45, 2.75) is 19.4 Å². The van der Waals surface area contributed by atoms with Gasteiger partial charge in [0.25, 0.3) is 0 Å². The second-order valence-corrected chi connectivity index (χ2v) is 7.98. The van der Waals surface area contributed by atoms with Crippen LogP contribution in [0.15, 0.2) is 30.5 Å². The molecule has 1 aliphatic heterocycles. The number of benzene rings is 1. The highest BCUT2D eigenvalue weighted by Gasteiger charge is 2.27. The average molecular weight is 364 g/mol. The van der Waals surface area contributed by atoms with Crippen LogP contribution in [0.2, 0.25) is 5.02 Å². The third-order valence-corrected chi connectivity index (χ3v) is 5.67. The summed E-state index contributed by atoms with van der Waals surface area (Å²) in [6, 6.07) is 7.28. The Morgan fingerprint density at radius 2 is 2.29 bits per heavy atom. The lowest BCUT2D eigenvalue weighted by Gasteiger charge is -2.31. The van der Waals surface area contributed by atoms with Crippen molar-refractivity contribution in [3.05, 3.63) is 45.9 Å². The van der Waals surface area contributed by atoms with Gasteiger partial charge in [-0.3, -0.25) is 9.69 Å². The van der Waals surface area contributed by atoms with Crippen molar-refractivity contribution < 1.29 is 4.79 Å². The van der Waals surface area contributed by atoms with Gasteiger partial charge in [0.2, 0.25) is 0 Å². The van der Waals surface area contributed by atoms with Crippen LogP contribution in [0.5, 0.6) is 0 Å². The number of halogens is 1. The van der Waals surface area contributed by atoms with Gasteiger partial charge in [0.05, 0.1) is 0 Å². The highest BCUT2D eigenvalue weighted by Crippen LogP contribution is 2.26. The predicted molar refractivity (Wildman–Crippen MR) is 100 cm³/mol. The Balaban J connectivity index is 1.64. The van der Waals surface area contributed by atoms with E-state index >= 15 is 0 Å². The summed E-state index contributed by atoms with van der Waals surface area (Å²) < 4.78 is 0. The quantitative estimate of drug-likeness (QED) is 0.753. The predicted octanol–water partition coefficient (Wildman–Crippen LogP) is 3.96. The molecule has 128 valence electrons. The Hall–Kier alpha value is -1.43. The number of piperidine rings is 1. The minimum Gasteiger partial charge on any atom is -0.354 e. The Kier molecular flexibility index (Phi) is 5.54. The van der Waals surface area contributed by atoms with Crippen LogP contribution in [0.1, 0.15) is 28.1 Å². The standard InChI is InChI=1S/C18H22ClN3OS/c1-21(2)18-20-10-16(24-18)12-22-8-4-6-14(11-22)17(23)13-5-3-7-15(19)9-13/h3,5,7,9-10,14H,4,6,8,11-12H2,1-2H3/t14-/m1/s1. The molecule has 1 aromatic carbocycles. The zero-order valence-corrected chi connectivity index (χ0v) is 15.6. The van der Waals surface area contributed by atoms with Gasteiger partial charge in [-0.25, -0.2) is 4.98 Å². The van der Waals surface area contributed by atoms with Crippen molar-refractivity contribution in [2.75, 3.05) is 32.1 Å². The van der Waals surface area contributed by atoms with Crippen molar-refractivity contribution >= 4 is 33.9 Å². The van der Waals surface area contributed by atoms with E-state index in [1.54, 1.807) is 23.5 Å². The van der Waals surface area contributed by atoms with E-state index in [0.717, 1.165) is 43.2 Å². The lowest BCUT2D eigenvalue weighted by atomic mass is 9.90. The second-order valence-electron chi connectivity index (χ2n) is 6.45. The lowest BCUT2D eigenvalue weighted by Crippen LogP contribution is -2.38. The number of hydrogen-bond acceptors (Lipinski definition) is 5. The van der Waals surface area contributed by atoms with E-state index in [1.165, 1.54) is 4.88 Å². The summed E-state index contributed by atoms with van der Waals surface area (Å²) in [6.07, 6.45) is 3.95. The van der Waals surface area contributed by atoms with Gasteiger partial charge in [-0.2, -0.15) is 0 Å². The molecular weight excluding hydrogens is 342 g/mol. The molecule has 1 fully saturated rings. The van der Waals surface area contributed by atoms with Crippen molar-refractivity contribution in [3.8, 4) is 0 Å². The molecule has 1 aromatic heterocycles. The first-order chi connectivity index (χ1) is 11.5. The molecule has 0 unspecified atom stereocenters.